The number of hydrogen-bond donors (Lipinski definition) is 2. The number of morpholine rings is 1. The number of amides is 1. The fourth-order valence-corrected chi connectivity index (χ4v) is 4.72. The normalized spacial score (nSPS) is 27.5. The first kappa shape index (κ1) is 22.2. The van der Waals surface area contributed by atoms with Crippen LogP contribution in [0.25, 0.3) is 0 Å². The van der Waals surface area contributed by atoms with E-state index in [-0.39, 0.29) is 18.3 Å². The van der Waals surface area contributed by atoms with Gasteiger partial charge in [-0.15, -0.1) is 12.4 Å². The maximum absolute atomic E-state index is 12.6. The predicted molar refractivity (Wildman–Crippen MR) is 114 cm³/mol. The summed E-state index contributed by atoms with van der Waals surface area (Å²) in [6.07, 6.45) is 7.80. The highest BCUT2D eigenvalue weighted by Gasteiger charge is 2.34. The number of anilines is 1. The molecule has 1 aromatic heterocycles. The lowest BCUT2D eigenvalue weighted by Gasteiger charge is -2.35. The second-order valence-electron chi connectivity index (χ2n) is 7.96. The maximum Gasteiger partial charge on any atom is 0.225 e. The Morgan fingerprint density at radius 2 is 2.00 bits per heavy atom. The van der Waals surface area contributed by atoms with Gasteiger partial charge < -0.3 is 25.2 Å². The highest BCUT2D eigenvalue weighted by atomic mass is 35.5. The summed E-state index contributed by atoms with van der Waals surface area (Å²) in [6, 6.07) is 2.78. The predicted octanol–water partition coefficient (Wildman–Crippen LogP) is 0.684. The molecular weight excluding hydrogens is 392 g/mol. The zero-order valence-corrected chi connectivity index (χ0v) is 17.8. The molecule has 3 unspecified atom stereocenters. The minimum absolute atomic E-state index is 0. The molecule has 2 saturated heterocycles. The lowest BCUT2D eigenvalue weighted by Crippen LogP contribution is -2.51. The van der Waals surface area contributed by atoms with Gasteiger partial charge in [0.25, 0.3) is 0 Å². The van der Waals surface area contributed by atoms with Gasteiger partial charge in [0.1, 0.15) is 0 Å². The van der Waals surface area contributed by atoms with Crippen molar-refractivity contribution >= 4 is 24.3 Å². The van der Waals surface area contributed by atoms with E-state index in [0.717, 1.165) is 58.4 Å². The molecule has 1 aromatic rings. The molecule has 3 fully saturated rings. The first-order chi connectivity index (χ1) is 13.8. The van der Waals surface area contributed by atoms with Crippen molar-refractivity contribution in [2.75, 3.05) is 57.4 Å². The number of nitrogens with zero attached hydrogens (tertiary/aromatic N) is 4. The summed E-state index contributed by atoms with van der Waals surface area (Å²) in [5, 5.41) is 7.26. The largest absolute Gasteiger partial charge is 0.379 e. The van der Waals surface area contributed by atoms with E-state index in [0.29, 0.717) is 24.4 Å². The Bertz CT molecular complexity index is 623. The Hall–Kier alpha value is -1.48. The molecule has 0 bridgehead atoms. The Morgan fingerprint density at radius 1 is 1.21 bits per heavy atom. The van der Waals surface area contributed by atoms with Gasteiger partial charge >= 0.3 is 0 Å². The second-order valence-corrected chi connectivity index (χ2v) is 7.96. The molecule has 3 heterocycles. The van der Waals surface area contributed by atoms with Crippen LogP contribution >= 0.6 is 12.4 Å². The number of piperazine rings is 1. The number of aromatic nitrogens is 2. The Labute approximate surface area is 179 Å². The van der Waals surface area contributed by atoms with Gasteiger partial charge in [0.2, 0.25) is 11.9 Å². The Morgan fingerprint density at radius 3 is 2.72 bits per heavy atom. The Balaban J connectivity index is 0.00000240. The highest BCUT2D eigenvalue weighted by Crippen LogP contribution is 2.29. The third kappa shape index (κ3) is 5.78. The quantitative estimate of drug-likeness (QED) is 0.695. The van der Waals surface area contributed by atoms with Crippen LogP contribution in [-0.2, 0) is 9.53 Å². The first-order valence-corrected chi connectivity index (χ1v) is 10.7. The molecule has 3 aliphatic rings. The average molecular weight is 425 g/mol. The van der Waals surface area contributed by atoms with Gasteiger partial charge in [0, 0.05) is 70.2 Å². The van der Waals surface area contributed by atoms with E-state index in [1.54, 1.807) is 12.4 Å². The van der Waals surface area contributed by atoms with Crippen LogP contribution in [0.4, 0.5) is 5.95 Å². The second kappa shape index (κ2) is 11.1. The molecule has 162 valence electrons. The molecule has 2 N–H and O–H groups in total. The van der Waals surface area contributed by atoms with Gasteiger partial charge in [-0.3, -0.25) is 4.79 Å². The van der Waals surface area contributed by atoms with Crippen LogP contribution in [0, 0.1) is 5.92 Å². The monoisotopic (exact) mass is 424 g/mol. The molecule has 0 aromatic carbocycles. The molecule has 3 atom stereocenters. The molecule has 2 aliphatic heterocycles. The maximum atomic E-state index is 12.6. The number of carbonyl (C=O) groups excluding carboxylic acids is 1. The third-order valence-electron chi connectivity index (χ3n) is 6.25. The van der Waals surface area contributed by atoms with E-state index in [1.807, 2.05) is 11.0 Å². The molecule has 4 rings (SSSR count). The fourth-order valence-electron chi connectivity index (χ4n) is 4.72. The molecular formula is C20H33ClN6O2. The SMILES string of the molecule is Cl.O=C(CCNC1CCCC1C1COCCN1)N1CCN(c2ncccn2)CC1. The minimum Gasteiger partial charge on any atom is -0.379 e. The van der Waals surface area contributed by atoms with Crippen molar-refractivity contribution in [2.24, 2.45) is 5.92 Å². The van der Waals surface area contributed by atoms with E-state index in [2.05, 4.69) is 25.5 Å². The van der Waals surface area contributed by atoms with Gasteiger partial charge in [-0.1, -0.05) is 6.42 Å². The average Bonchev–Trinajstić information content (AvgIpc) is 3.23. The van der Waals surface area contributed by atoms with Crippen LogP contribution in [0.2, 0.25) is 0 Å². The van der Waals surface area contributed by atoms with Crippen LogP contribution in [0.15, 0.2) is 18.5 Å². The van der Waals surface area contributed by atoms with Crippen molar-refractivity contribution in [1.82, 2.24) is 25.5 Å². The van der Waals surface area contributed by atoms with E-state index in [9.17, 15) is 4.79 Å². The summed E-state index contributed by atoms with van der Waals surface area (Å²) in [5.41, 5.74) is 0. The summed E-state index contributed by atoms with van der Waals surface area (Å²) in [4.78, 5) is 25.3. The minimum atomic E-state index is 0. The van der Waals surface area contributed by atoms with Gasteiger partial charge in [-0.2, -0.15) is 0 Å². The molecule has 1 amide bonds. The molecule has 1 aliphatic carbocycles. The zero-order chi connectivity index (χ0) is 19.2. The molecule has 0 spiro atoms. The third-order valence-corrected chi connectivity index (χ3v) is 6.25. The summed E-state index contributed by atoms with van der Waals surface area (Å²) in [7, 11) is 0. The molecule has 29 heavy (non-hydrogen) atoms. The lowest BCUT2D eigenvalue weighted by molar-refractivity contribution is -0.131. The summed E-state index contributed by atoms with van der Waals surface area (Å²) in [5.74, 6) is 1.61. The van der Waals surface area contributed by atoms with Crippen molar-refractivity contribution in [1.29, 1.82) is 0 Å². The van der Waals surface area contributed by atoms with Crippen LogP contribution in [0.1, 0.15) is 25.7 Å². The summed E-state index contributed by atoms with van der Waals surface area (Å²) < 4.78 is 5.64. The summed E-state index contributed by atoms with van der Waals surface area (Å²) in [6.45, 7) is 6.42. The van der Waals surface area contributed by atoms with Gasteiger partial charge in [0.05, 0.1) is 13.2 Å². The number of rotatable bonds is 6. The Kier molecular flexibility index (Phi) is 8.47. The number of nitrogens with one attached hydrogen (secondary N) is 2. The number of halogens is 1. The van der Waals surface area contributed by atoms with Crippen molar-refractivity contribution in [3.63, 3.8) is 0 Å². The van der Waals surface area contributed by atoms with Crippen LogP contribution < -0.4 is 15.5 Å². The fraction of sp³-hybridized carbons (Fsp3) is 0.750. The van der Waals surface area contributed by atoms with Crippen molar-refractivity contribution in [3.05, 3.63) is 18.5 Å². The molecule has 8 nitrogen and oxygen atoms in total. The highest BCUT2D eigenvalue weighted by molar-refractivity contribution is 5.85. The molecule has 0 radical (unpaired) electrons. The lowest BCUT2D eigenvalue weighted by atomic mass is 9.94. The van der Waals surface area contributed by atoms with E-state index >= 15 is 0 Å². The number of ether oxygens (including phenoxy) is 1. The topological polar surface area (TPSA) is 82.6 Å². The number of hydrogen-bond acceptors (Lipinski definition) is 7. The van der Waals surface area contributed by atoms with E-state index < -0.39 is 0 Å². The van der Waals surface area contributed by atoms with Crippen LogP contribution in [0.5, 0.6) is 0 Å². The van der Waals surface area contributed by atoms with E-state index in [1.165, 1.54) is 19.3 Å². The van der Waals surface area contributed by atoms with Gasteiger partial charge in [0.15, 0.2) is 0 Å². The van der Waals surface area contributed by atoms with Gasteiger partial charge in [-0.25, -0.2) is 9.97 Å². The van der Waals surface area contributed by atoms with Crippen LogP contribution in [-0.4, -0.2) is 85.3 Å². The number of carbonyl (C=O) groups is 1. The smallest absolute Gasteiger partial charge is 0.225 e. The van der Waals surface area contributed by atoms with Crippen molar-refractivity contribution in [2.45, 2.75) is 37.8 Å². The first-order valence-electron chi connectivity index (χ1n) is 10.7. The van der Waals surface area contributed by atoms with E-state index in [4.69, 9.17) is 4.74 Å². The zero-order valence-electron chi connectivity index (χ0n) is 17.0. The van der Waals surface area contributed by atoms with Crippen LogP contribution in [0.3, 0.4) is 0 Å². The van der Waals surface area contributed by atoms with Crippen molar-refractivity contribution in [3.8, 4) is 0 Å². The van der Waals surface area contributed by atoms with Crippen molar-refractivity contribution < 1.29 is 9.53 Å². The molecule has 9 heteroatoms. The molecule has 1 saturated carbocycles. The standard InChI is InChI=1S/C20H32N6O2.ClH/c27-19(25-10-12-26(13-11-25)20-23-6-2-7-24-20)5-8-21-17-4-1-3-16(17)18-15-28-14-9-22-18;/h2,6-7,16-18,21-22H,1,3-5,8-15H2;1H. The summed E-state index contributed by atoms with van der Waals surface area (Å²) >= 11 is 0. The van der Waals surface area contributed by atoms with Gasteiger partial charge in [-0.05, 0) is 24.8 Å².